The molecule has 1 fully saturated rings. The summed E-state index contributed by atoms with van der Waals surface area (Å²) < 4.78 is 0. The molecule has 1 atom stereocenters. The molecule has 0 spiro atoms. The number of piperidine rings is 1. The highest BCUT2D eigenvalue weighted by Gasteiger charge is 2.26. The molecule has 1 aromatic rings. The summed E-state index contributed by atoms with van der Waals surface area (Å²) in [5.41, 5.74) is 1.45. The van der Waals surface area contributed by atoms with Crippen LogP contribution in [0.15, 0.2) is 18.2 Å². The SMILES string of the molecule is CCC(=O)N[C@@H]1CCCN(C(=O)c2cccc(Cl)c2C)C1. The molecule has 1 heterocycles. The van der Waals surface area contributed by atoms with Gasteiger partial charge in [0.2, 0.25) is 5.91 Å². The first kappa shape index (κ1) is 15.8. The Labute approximate surface area is 130 Å². The number of nitrogens with zero attached hydrogens (tertiary/aromatic N) is 1. The Balaban J connectivity index is 2.08. The molecule has 114 valence electrons. The van der Waals surface area contributed by atoms with Crippen molar-refractivity contribution in [2.24, 2.45) is 0 Å². The maximum Gasteiger partial charge on any atom is 0.254 e. The second-order valence-electron chi connectivity index (χ2n) is 5.42. The van der Waals surface area contributed by atoms with Gasteiger partial charge in [0.1, 0.15) is 0 Å². The molecule has 0 radical (unpaired) electrons. The third-order valence-electron chi connectivity index (χ3n) is 3.89. The molecule has 0 aliphatic carbocycles. The second kappa shape index (κ2) is 6.94. The number of halogens is 1. The first-order valence-corrected chi connectivity index (χ1v) is 7.74. The average molecular weight is 309 g/mol. The van der Waals surface area contributed by atoms with Crippen molar-refractivity contribution in [1.29, 1.82) is 0 Å². The Hall–Kier alpha value is -1.55. The van der Waals surface area contributed by atoms with Crippen molar-refractivity contribution >= 4 is 23.4 Å². The van der Waals surface area contributed by atoms with Crippen LogP contribution in [0.2, 0.25) is 5.02 Å². The van der Waals surface area contributed by atoms with E-state index < -0.39 is 0 Å². The number of likely N-dealkylation sites (tertiary alicyclic amines) is 1. The van der Waals surface area contributed by atoms with Gasteiger partial charge in [-0.25, -0.2) is 0 Å². The molecule has 1 saturated heterocycles. The van der Waals surface area contributed by atoms with Gasteiger partial charge in [0.25, 0.3) is 5.91 Å². The fraction of sp³-hybridized carbons (Fsp3) is 0.500. The summed E-state index contributed by atoms with van der Waals surface area (Å²) in [6, 6.07) is 5.43. The van der Waals surface area contributed by atoms with Crippen molar-refractivity contribution in [3.05, 3.63) is 34.3 Å². The molecule has 0 saturated carbocycles. The van der Waals surface area contributed by atoms with Crippen LogP contribution in [-0.2, 0) is 4.79 Å². The van der Waals surface area contributed by atoms with Gasteiger partial charge >= 0.3 is 0 Å². The van der Waals surface area contributed by atoms with Crippen LogP contribution in [0, 0.1) is 6.92 Å². The van der Waals surface area contributed by atoms with Crippen molar-refractivity contribution in [2.45, 2.75) is 39.2 Å². The lowest BCUT2D eigenvalue weighted by Crippen LogP contribution is -2.49. The molecular weight excluding hydrogens is 288 g/mol. The minimum Gasteiger partial charge on any atom is -0.352 e. The lowest BCUT2D eigenvalue weighted by Gasteiger charge is -2.33. The largest absolute Gasteiger partial charge is 0.352 e. The number of amides is 2. The molecule has 1 N–H and O–H groups in total. The van der Waals surface area contributed by atoms with Crippen molar-refractivity contribution < 1.29 is 9.59 Å². The summed E-state index contributed by atoms with van der Waals surface area (Å²) in [7, 11) is 0. The number of benzene rings is 1. The van der Waals surface area contributed by atoms with Crippen LogP contribution in [-0.4, -0.2) is 35.8 Å². The molecule has 0 unspecified atom stereocenters. The van der Waals surface area contributed by atoms with Crippen LogP contribution in [0.1, 0.15) is 42.1 Å². The van der Waals surface area contributed by atoms with Crippen LogP contribution in [0.5, 0.6) is 0 Å². The fourth-order valence-electron chi connectivity index (χ4n) is 2.62. The van der Waals surface area contributed by atoms with Crippen LogP contribution in [0.4, 0.5) is 0 Å². The summed E-state index contributed by atoms with van der Waals surface area (Å²) >= 11 is 6.09. The normalized spacial score (nSPS) is 18.4. The number of hydrogen-bond acceptors (Lipinski definition) is 2. The Bertz CT molecular complexity index is 545. The lowest BCUT2D eigenvalue weighted by molar-refractivity contribution is -0.121. The van der Waals surface area contributed by atoms with E-state index in [2.05, 4.69) is 5.32 Å². The van der Waals surface area contributed by atoms with Gasteiger partial charge in [-0.1, -0.05) is 24.6 Å². The average Bonchev–Trinajstić information content (AvgIpc) is 2.49. The zero-order valence-corrected chi connectivity index (χ0v) is 13.2. The van der Waals surface area contributed by atoms with Crippen LogP contribution in [0.25, 0.3) is 0 Å². The van der Waals surface area contributed by atoms with Gasteiger partial charge in [-0.2, -0.15) is 0 Å². The van der Waals surface area contributed by atoms with E-state index in [1.807, 2.05) is 18.7 Å². The lowest BCUT2D eigenvalue weighted by atomic mass is 10.0. The predicted octanol–water partition coefficient (Wildman–Crippen LogP) is 2.78. The van der Waals surface area contributed by atoms with E-state index in [1.54, 1.807) is 18.2 Å². The predicted molar refractivity (Wildman–Crippen MR) is 83.5 cm³/mol. The smallest absolute Gasteiger partial charge is 0.254 e. The zero-order valence-electron chi connectivity index (χ0n) is 12.5. The summed E-state index contributed by atoms with van der Waals surface area (Å²) in [5, 5.41) is 3.58. The summed E-state index contributed by atoms with van der Waals surface area (Å²) in [4.78, 5) is 25.9. The first-order valence-electron chi connectivity index (χ1n) is 7.36. The monoisotopic (exact) mass is 308 g/mol. The van der Waals surface area contributed by atoms with Gasteiger partial charge in [0.05, 0.1) is 0 Å². The number of carbonyl (C=O) groups is 2. The summed E-state index contributed by atoms with van der Waals surface area (Å²) in [5.74, 6) is 0.0266. The van der Waals surface area contributed by atoms with E-state index in [1.165, 1.54) is 0 Å². The minimum absolute atomic E-state index is 0.00884. The Morgan fingerprint density at radius 3 is 2.90 bits per heavy atom. The first-order chi connectivity index (χ1) is 10.0. The molecule has 2 rings (SSSR count). The molecule has 1 aromatic carbocycles. The Kier molecular flexibility index (Phi) is 5.23. The van der Waals surface area contributed by atoms with Crippen molar-refractivity contribution in [3.63, 3.8) is 0 Å². The van der Waals surface area contributed by atoms with Gasteiger partial charge in [-0.05, 0) is 37.5 Å². The van der Waals surface area contributed by atoms with Crippen molar-refractivity contribution in [3.8, 4) is 0 Å². The third-order valence-corrected chi connectivity index (χ3v) is 4.30. The number of rotatable bonds is 3. The van der Waals surface area contributed by atoms with Crippen LogP contribution in [0.3, 0.4) is 0 Å². The highest BCUT2D eigenvalue weighted by molar-refractivity contribution is 6.31. The van der Waals surface area contributed by atoms with E-state index in [9.17, 15) is 9.59 Å². The standard InChI is InChI=1S/C16H21ClN2O2/c1-3-15(20)18-12-6-5-9-19(10-12)16(21)13-7-4-8-14(17)11(13)2/h4,7-8,12H,3,5-6,9-10H2,1-2H3,(H,18,20)/t12-/m1/s1. The third kappa shape index (κ3) is 3.76. The van der Waals surface area contributed by atoms with Crippen molar-refractivity contribution in [2.75, 3.05) is 13.1 Å². The topological polar surface area (TPSA) is 49.4 Å². The molecule has 4 nitrogen and oxygen atoms in total. The highest BCUT2D eigenvalue weighted by atomic mass is 35.5. The maximum absolute atomic E-state index is 12.6. The minimum atomic E-state index is -0.00884. The molecule has 0 bridgehead atoms. The van der Waals surface area contributed by atoms with Gasteiger partial charge in [0, 0.05) is 36.1 Å². The van der Waals surface area contributed by atoms with Gasteiger partial charge < -0.3 is 10.2 Å². The van der Waals surface area contributed by atoms with Crippen LogP contribution >= 0.6 is 11.6 Å². The molecule has 5 heteroatoms. The second-order valence-corrected chi connectivity index (χ2v) is 5.83. The number of carbonyl (C=O) groups excluding carboxylic acids is 2. The number of hydrogen-bond donors (Lipinski definition) is 1. The molecule has 0 aromatic heterocycles. The van der Waals surface area contributed by atoms with Gasteiger partial charge in [0.15, 0.2) is 0 Å². The molecule has 1 aliphatic heterocycles. The molecule has 2 amide bonds. The van der Waals surface area contributed by atoms with Crippen molar-refractivity contribution in [1.82, 2.24) is 10.2 Å². The summed E-state index contributed by atoms with van der Waals surface area (Å²) in [6.07, 6.45) is 2.29. The van der Waals surface area contributed by atoms with E-state index >= 15 is 0 Å². The van der Waals surface area contributed by atoms with Gasteiger partial charge in [-0.15, -0.1) is 0 Å². The molecular formula is C16H21ClN2O2. The van der Waals surface area contributed by atoms with Crippen LogP contribution < -0.4 is 5.32 Å². The quantitative estimate of drug-likeness (QED) is 0.933. The fourth-order valence-corrected chi connectivity index (χ4v) is 2.79. The number of nitrogens with one attached hydrogen (secondary N) is 1. The maximum atomic E-state index is 12.6. The van der Waals surface area contributed by atoms with E-state index in [0.29, 0.717) is 23.6 Å². The van der Waals surface area contributed by atoms with E-state index in [4.69, 9.17) is 11.6 Å². The zero-order chi connectivity index (χ0) is 15.4. The molecule has 1 aliphatic rings. The molecule has 21 heavy (non-hydrogen) atoms. The van der Waals surface area contributed by atoms with Gasteiger partial charge in [-0.3, -0.25) is 9.59 Å². The highest BCUT2D eigenvalue weighted by Crippen LogP contribution is 2.21. The Morgan fingerprint density at radius 1 is 1.43 bits per heavy atom. The van der Waals surface area contributed by atoms with E-state index in [-0.39, 0.29) is 17.9 Å². The summed E-state index contributed by atoms with van der Waals surface area (Å²) in [6.45, 7) is 4.98. The Morgan fingerprint density at radius 2 is 2.19 bits per heavy atom. The van der Waals surface area contributed by atoms with E-state index in [0.717, 1.165) is 24.9 Å².